The highest BCUT2D eigenvalue weighted by atomic mass is 32.2. The molecule has 2 atom stereocenters. The number of sulfonamides is 1. The van der Waals surface area contributed by atoms with Gasteiger partial charge in [0.05, 0.1) is 12.8 Å². The number of rotatable bonds is 6. The van der Waals surface area contributed by atoms with E-state index >= 15 is 0 Å². The first-order valence-corrected chi connectivity index (χ1v) is 10.9. The summed E-state index contributed by atoms with van der Waals surface area (Å²) in [6, 6.07) is 17.0. The van der Waals surface area contributed by atoms with Crippen molar-refractivity contribution in [2.45, 2.75) is 25.0 Å². The summed E-state index contributed by atoms with van der Waals surface area (Å²) < 4.78 is 31.8. The molecule has 1 amide bonds. The van der Waals surface area contributed by atoms with E-state index in [0.29, 0.717) is 18.8 Å². The van der Waals surface area contributed by atoms with E-state index in [9.17, 15) is 13.2 Å². The Morgan fingerprint density at radius 1 is 1.14 bits per heavy atom. The first-order valence-electron chi connectivity index (χ1n) is 9.03. The van der Waals surface area contributed by atoms with E-state index in [1.165, 1.54) is 10.6 Å². The molecule has 0 radical (unpaired) electrons. The summed E-state index contributed by atoms with van der Waals surface area (Å²) in [5.74, 6) is 0.694. The van der Waals surface area contributed by atoms with Crippen LogP contribution < -0.4 is 10.1 Å². The summed E-state index contributed by atoms with van der Waals surface area (Å²) in [5, 5.41) is 11.0. The molecule has 2 unspecified atom stereocenters. The Bertz CT molecular complexity index is 900. The lowest BCUT2D eigenvalue weighted by atomic mass is 9.90. The zero-order valence-electron chi connectivity index (χ0n) is 15.6. The van der Waals surface area contributed by atoms with Crippen molar-refractivity contribution in [3.05, 3.63) is 65.7 Å². The second kappa shape index (κ2) is 8.62. The van der Waals surface area contributed by atoms with Crippen LogP contribution in [0, 0.1) is 0 Å². The number of benzene rings is 2. The molecule has 0 spiro atoms. The van der Waals surface area contributed by atoms with Gasteiger partial charge in [-0.2, -0.15) is 4.31 Å². The Labute approximate surface area is 165 Å². The van der Waals surface area contributed by atoms with Crippen LogP contribution in [0.3, 0.4) is 0 Å². The SMILES string of the molecule is CS(=O)(=O)N1CC(Oc2ccc(CNC(=O)O)cc2)CC(c2ccccc2)C1. The van der Waals surface area contributed by atoms with Gasteiger partial charge < -0.3 is 15.2 Å². The highest BCUT2D eigenvalue weighted by molar-refractivity contribution is 7.88. The van der Waals surface area contributed by atoms with Gasteiger partial charge in [-0.15, -0.1) is 0 Å². The molecule has 0 aromatic heterocycles. The average molecular weight is 404 g/mol. The van der Waals surface area contributed by atoms with Crippen LogP contribution in [0.5, 0.6) is 5.75 Å². The molecule has 150 valence electrons. The van der Waals surface area contributed by atoms with E-state index in [4.69, 9.17) is 9.84 Å². The fourth-order valence-electron chi connectivity index (χ4n) is 3.39. The molecule has 2 N–H and O–H groups in total. The Hall–Kier alpha value is -2.58. The number of carboxylic acid groups (broad SMARTS) is 1. The second-order valence-corrected chi connectivity index (χ2v) is 8.95. The molecule has 0 aliphatic carbocycles. The largest absolute Gasteiger partial charge is 0.489 e. The van der Waals surface area contributed by atoms with Crippen molar-refractivity contribution in [2.24, 2.45) is 0 Å². The second-order valence-electron chi connectivity index (χ2n) is 6.97. The lowest BCUT2D eigenvalue weighted by Gasteiger charge is -2.36. The molecular weight excluding hydrogens is 380 g/mol. The van der Waals surface area contributed by atoms with E-state index in [2.05, 4.69) is 5.32 Å². The number of piperidine rings is 1. The van der Waals surface area contributed by atoms with Crippen molar-refractivity contribution in [3.8, 4) is 5.75 Å². The molecule has 0 bridgehead atoms. The summed E-state index contributed by atoms with van der Waals surface area (Å²) in [4.78, 5) is 10.6. The Morgan fingerprint density at radius 2 is 1.82 bits per heavy atom. The lowest BCUT2D eigenvalue weighted by Crippen LogP contribution is -2.47. The van der Waals surface area contributed by atoms with Gasteiger partial charge in [-0.25, -0.2) is 13.2 Å². The smallest absolute Gasteiger partial charge is 0.404 e. The Balaban J connectivity index is 1.71. The van der Waals surface area contributed by atoms with Gasteiger partial charge >= 0.3 is 6.09 Å². The number of nitrogens with zero attached hydrogens (tertiary/aromatic N) is 1. The van der Waals surface area contributed by atoms with Crippen molar-refractivity contribution in [1.29, 1.82) is 0 Å². The summed E-state index contributed by atoms with van der Waals surface area (Å²) in [6.45, 7) is 0.976. The Kier molecular flexibility index (Phi) is 6.21. The maximum absolute atomic E-state index is 12.1. The topological polar surface area (TPSA) is 95.9 Å². The molecule has 1 aliphatic heterocycles. The van der Waals surface area contributed by atoms with Gasteiger partial charge in [-0.1, -0.05) is 42.5 Å². The zero-order valence-corrected chi connectivity index (χ0v) is 16.4. The Morgan fingerprint density at radius 3 is 2.43 bits per heavy atom. The van der Waals surface area contributed by atoms with E-state index < -0.39 is 16.1 Å². The maximum atomic E-state index is 12.1. The molecule has 2 aromatic rings. The van der Waals surface area contributed by atoms with E-state index in [1.807, 2.05) is 30.3 Å². The fourth-order valence-corrected chi connectivity index (χ4v) is 4.28. The third kappa shape index (κ3) is 5.46. The number of hydrogen-bond acceptors (Lipinski definition) is 4. The van der Waals surface area contributed by atoms with Crippen LogP contribution in [-0.4, -0.2) is 49.4 Å². The van der Waals surface area contributed by atoms with Crippen molar-refractivity contribution >= 4 is 16.1 Å². The van der Waals surface area contributed by atoms with Gasteiger partial charge in [-0.3, -0.25) is 0 Å². The third-order valence-electron chi connectivity index (χ3n) is 4.79. The molecule has 28 heavy (non-hydrogen) atoms. The van der Waals surface area contributed by atoms with Crippen LogP contribution in [0.25, 0.3) is 0 Å². The lowest BCUT2D eigenvalue weighted by molar-refractivity contribution is 0.117. The number of amides is 1. The van der Waals surface area contributed by atoms with Gasteiger partial charge in [-0.05, 0) is 29.7 Å². The van der Waals surface area contributed by atoms with E-state index in [0.717, 1.165) is 17.5 Å². The molecule has 0 saturated carbocycles. The molecule has 1 saturated heterocycles. The minimum absolute atomic E-state index is 0.0636. The van der Waals surface area contributed by atoms with Crippen LogP contribution in [0.15, 0.2) is 54.6 Å². The predicted molar refractivity (Wildman–Crippen MR) is 106 cm³/mol. The van der Waals surface area contributed by atoms with Crippen LogP contribution in [0.2, 0.25) is 0 Å². The monoisotopic (exact) mass is 404 g/mol. The number of ether oxygens (including phenoxy) is 1. The maximum Gasteiger partial charge on any atom is 0.404 e. The first kappa shape index (κ1) is 20.2. The highest BCUT2D eigenvalue weighted by Gasteiger charge is 2.33. The van der Waals surface area contributed by atoms with Crippen LogP contribution in [0.1, 0.15) is 23.5 Å². The van der Waals surface area contributed by atoms with Gasteiger partial charge in [0, 0.05) is 19.0 Å². The normalized spacial score (nSPS) is 20.5. The molecule has 1 aliphatic rings. The predicted octanol–water partition coefficient (Wildman–Crippen LogP) is 2.65. The summed E-state index contributed by atoms with van der Waals surface area (Å²) in [7, 11) is -3.32. The summed E-state index contributed by atoms with van der Waals surface area (Å²) in [5.41, 5.74) is 1.91. The minimum Gasteiger partial charge on any atom is -0.489 e. The molecule has 2 aromatic carbocycles. The molecule has 3 rings (SSSR count). The van der Waals surface area contributed by atoms with Gasteiger partial charge in [0.2, 0.25) is 10.0 Å². The van der Waals surface area contributed by atoms with E-state index in [1.54, 1.807) is 24.3 Å². The summed E-state index contributed by atoms with van der Waals surface area (Å²) in [6.07, 6.45) is 0.604. The third-order valence-corrected chi connectivity index (χ3v) is 6.02. The van der Waals surface area contributed by atoms with Crippen LogP contribution in [-0.2, 0) is 16.6 Å². The zero-order chi connectivity index (χ0) is 20.1. The molecule has 1 heterocycles. The fraction of sp³-hybridized carbons (Fsp3) is 0.350. The molecule has 8 heteroatoms. The van der Waals surface area contributed by atoms with Crippen molar-refractivity contribution in [1.82, 2.24) is 9.62 Å². The highest BCUT2D eigenvalue weighted by Crippen LogP contribution is 2.30. The van der Waals surface area contributed by atoms with Crippen LogP contribution in [0.4, 0.5) is 4.79 Å². The van der Waals surface area contributed by atoms with Gasteiger partial charge in [0.25, 0.3) is 0 Å². The first-order chi connectivity index (χ1) is 13.3. The number of hydrogen-bond donors (Lipinski definition) is 2. The molecule has 1 fully saturated rings. The number of carbonyl (C=O) groups is 1. The average Bonchev–Trinajstić information content (AvgIpc) is 2.67. The van der Waals surface area contributed by atoms with Crippen molar-refractivity contribution in [3.63, 3.8) is 0 Å². The summed E-state index contributed by atoms with van der Waals surface area (Å²) >= 11 is 0. The molecule has 7 nitrogen and oxygen atoms in total. The van der Waals surface area contributed by atoms with Crippen molar-refractivity contribution in [2.75, 3.05) is 19.3 Å². The van der Waals surface area contributed by atoms with E-state index in [-0.39, 0.29) is 18.6 Å². The molecular formula is C20H24N2O5S. The van der Waals surface area contributed by atoms with Crippen LogP contribution >= 0.6 is 0 Å². The quantitative estimate of drug-likeness (QED) is 0.772. The van der Waals surface area contributed by atoms with Gasteiger partial charge in [0.1, 0.15) is 11.9 Å². The minimum atomic E-state index is -3.32. The standard InChI is InChI=1S/C20H24N2O5S/c1-28(25,26)22-13-17(16-5-3-2-4-6-16)11-19(14-22)27-18-9-7-15(8-10-18)12-21-20(23)24/h2-10,17,19,21H,11-14H2,1H3,(H,23,24). The van der Waals surface area contributed by atoms with Gasteiger partial charge in [0.15, 0.2) is 0 Å². The number of nitrogens with one attached hydrogen (secondary N) is 1. The van der Waals surface area contributed by atoms with Crippen molar-refractivity contribution < 1.29 is 23.1 Å².